The lowest BCUT2D eigenvalue weighted by Gasteiger charge is -2.09. The Labute approximate surface area is 274 Å². The molecule has 0 fully saturated rings. The van der Waals surface area contributed by atoms with E-state index in [0.29, 0.717) is 145 Å². The number of ether oxygens (including phenoxy) is 12. The van der Waals surface area contributed by atoms with Crippen LogP contribution in [0.4, 0.5) is 0 Å². The van der Waals surface area contributed by atoms with Crippen LogP contribution in [0, 0.1) is 0 Å². The average Bonchev–Trinajstić information content (AvgIpc) is 3.05. The van der Waals surface area contributed by atoms with Gasteiger partial charge in [0, 0.05) is 13.2 Å². The lowest BCUT2D eigenvalue weighted by molar-refractivity contribution is -0.0284. The fraction of sp³-hybridized carbons (Fsp3) is 1.00. The summed E-state index contributed by atoms with van der Waals surface area (Å²) in [6.45, 7) is 18.2. The van der Waals surface area contributed by atoms with Crippen LogP contribution in [0.5, 0.6) is 0 Å². The fourth-order valence-electron chi connectivity index (χ4n) is 3.61. The highest BCUT2D eigenvalue weighted by Crippen LogP contribution is 1.98. The Morgan fingerprint density at radius 1 is 0.178 bits per heavy atom. The third-order valence-electron chi connectivity index (χ3n) is 6.13. The van der Waals surface area contributed by atoms with Crippen LogP contribution in [0.2, 0.25) is 0 Å². The maximum Gasteiger partial charge on any atom is 0.0701 e. The Morgan fingerprint density at radius 2 is 0.333 bits per heavy atom. The van der Waals surface area contributed by atoms with E-state index >= 15 is 0 Å². The minimum atomic E-state index is 0.522. The van der Waals surface area contributed by atoms with Crippen LogP contribution >= 0.6 is 0 Å². The summed E-state index contributed by atoms with van der Waals surface area (Å²) in [5.74, 6) is 0. The molecule has 0 saturated carbocycles. The molecule has 0 aromatic carbocycles. The quantitative estimate of drug-likeness (QED) is 0.0888. The number of hydrogen-bond acceptors (Lipinski definition) is 12. The van der Waals surface area contributed by atoms with Gasteiger partial charge in [0.15, 0.2) is 0 Å². The largest absolute Gasteiger partial charge is 0.379 e. The molecule has 0 amide bonds. The van der Waals surface area contributed by atoms with E-state index in [4.69, 9.17) is 56.8 Å². The third kappa shape index (κ3) is 43.5. The average molecular weight is 657 g/mol. The Morgan fingerprint density at radius 3 is 0.533 bits per heavy atom. The molecule has 12 heteroatoms. The van der Waals surface area contributed by atoms with Crippen molar-refractivity contribution in [2.45, 2.75) is 58.8 Å². The second kappa shape index (κ2) is 43.5. The van der Waals surface area contributed by atoms with Gasteiger partial charge in [0.1, 0.15) is 0 Å². The lowest BCUT2D eigenvalue weighted by Crippen LogP contribution is -2.15. The van der Waals surface area contributed by atoms with Crippen molar-refractivity contribution in [1.82, 2.24) is 0 Å². The molecule has 0 rings (SSSR count). The van der Waals surface area contributed by atoms with E-state index in [1.165, 1.54) is 32.1 Å². The summed E-state index contributed by atoms with van der Waals surface area (Å²) in [4.78, 5) is 0. The van der Waals surface area contributed by atoms with Crippen molar-refractivity contribution in [3.05, 3.63) is 0 Å². The van der Waals surface area contributed by atoms with Crippen LogP contribution in [0.3, 0.4) is 0 Å². The molecule has 0 saturated heterocycles. The van der Waals surface area contributed by atoms with Crippen LogP contribution in [0.1, 0.15) is 58.8 Å². The van der Waals surface area contributed by atoms with Gasteiger partial charge in [-0.15, -0.1) is 0 Å². The van der Waals surface area contributed by atoms with Gasteiger partial charge in [-0.2, -0.15) is 0 Å². The first-order valence-electron chi connectivity index (χ1n) is 17.3. The molecule has 0 aliphatic rings. The molecule has 0 aliphatic heterocycles. The summed E-state index contributed by atoms with van der Waals surface area (Å²) in [7, 11) is 0. The summed E-state index contributed by atoms with van der Waals surface area (Å²) < 4.78 is 65.8. The zero-order valence-electron chi connectivity index (χ0n) is 28.8. The van der Waals surface area contributed by atoms with Crippen molar-refractivity contribution in [2.24, 2.45) is 0 Å². The van der Waals surface area contributed by atoms with E-state index in [-0.39, 0.29) is 0 Å². The van der Waals surface area contributed by atoms with Crippen molar-refractivity contribution in [2.75, 3.05) is 159 Å². The van der Waals surface area contributed by atoms with Gasteiger partial charge in [-0.05, 0) is 12.8 Å². The molecule has 0 unspecified atom stereocenters. The summed E-state index contributed by atoms with van der Waals surface area (Å²) in [6, 6.07) is 0. The van der Waals surface area contributed by atoms with E-state index < -0.39 is 0 Å². The van der Waals surface area contributed by atoms with Gasteiger partial charge in [0.2, 0.25) is 0 Å². The SMILES string of the molecule is CCCCCCOCCOCCOCCOCCOCCOCCOCCOCCOCCOCCOCCOCCCCC. The molecule has 0 atom stereocenters. The van der Waals surface area contributed by atoms with E-state index in [1.807, 2.05) is 0 Å². The molecule has 0 spiro atoms. The monoisotopic (exact) mass is 656 g/mol. The smallest absolute Gasteiger partial charge is 0.0701 e. The molecule has 0 radical (unpaired) electrons. The van der Waals surface area contributed by atoms with E-state index in [2.05, 4.69) is 13.8 Å². The Balaban J connectivity index is 3.03. The first-order chi connectivity index (χ1) is 22.4. The minimum Gasteiger partial charge on any atom is -0.379 e. The van der Waals surface area contributed by atoms with E-state index in [9.17, 15) is 0 Å². The summed E-state index contributed by atoms with van der Waals surface area (Å²) in [5.41, 5.74) is 0. The zero-order valence-corrected chi connectivity index (χ0v) is 28.8. The van der Waals surface area contributed by atoms with Crippen LogP contribution in [-0.4, -0.2) is 159 Å². The highest BCUT2D eigenvalue weighted by molar-refractivity contribution is 4.41. The van der Waals surface area contributed by atoms with Gasteiger partial charge >= 0.3 is 0 Å². The molecule has 0 aromatic heterocycles. The van der Waals surface area contributed by atoms with Gasteiger partial charge < -0.3 is 56.8 Å². The normalized spacial score (nSPS) is 11.6. The van der Waals surface area contributed by atoms with Crippen molar-refractivity contribution in [3.63, 3.8) is 0 Å². The van der Waals surface area contributed by atoms with Crippen molar-refractivity contribution in [3.8, 4) is 0 Å². The maximum atomic E-state index is 5.53. The molecule has 0 heterocycles. The molecule has 272 valence electrons. The molecule has 45 heavy (non-hydrogen) atoms. The highest BCUT2D eigenvalue weighted by atomic mass is 16.6. The first kappa shape index (κ1) is 44.5. The van der Waals surface area contributed by atoms with E-state index in [1.54, 1.807) is 0 Å². The topological polar surface area (TPSA) is 111 Å². The summed E-state index contributed by atoms with van der Waals surface area (Å²) in [6.07, 6.45) is 8.45. The third-order valence-corrected chi connectivity index (χ3v) is 6.13. The Hall–Kier alpha value is -0.480. The van der Waals surface area contributed by atoms with Gasteiger partial charge in [-0.25, -0.2) is 0 Å². The Bertz CT molecular complexity index is 462. The predicted molar refractivity (Wildman–Crippen MR) is 173 cm³/mol. The van der Waals surface area contributed by atoms with E-state index in [0.717, 1.165) is 26.1 Å². The lowest BCUT2D eigenvalue weighted by atomic mass is 10.2. The second-order valence-electron chi connectivity index (χ2n) is 10.1. The number of rotatable bonds is 42. The standard InChI is InChI=1S/C33H68O12/c1-3-5-7-9-11-35-13-15-37-17-19-39-21-23-41-25-27-43-29-31-45-33-32-44-30-28-42-26-24-40-22-20-38-18-16-36-14-12-34-10-8-6-4-2/h3-33H2,1-2H3. The fourth-order valence-corrected chi connectivity index (χ4v) is 3.61. The van der Waals surface area contributed by atoms with Crippen molar-refractivity contribution >= 4 is 0 Å². The first-order valence-corrected chi connectivity index (χ1v) is 17.3. The molecular weight excluding hydrogens is 588 g/mol. The van der Waals surface area contributed by atoms with Crippen molar-refractivity contribution in [1.29, 1.82) is 0 Å². The van der Waals surface area contributed by atoms with Crippen LogP contribution in [-0.2, 0) is 56.8 Å². The highest BCUT2D eigenvalue weighted by Gasteiger charge is 1.97. The maximum absolute atomic E-state index is 5.53. The molecule has 12 nitrogen and oxygen atoms in total. The summed E-state index contributed by atoms with van der Waals surface area (Å²) in [5, 5.41) is 0. The molecule has 0 aromatic rings. The molecular formula is C33H68O12. The van der Waals surface area contributed by atoms with Crippen LogP contribution < -0.4 is 0 Å². The molecule has 0 bridgehead atoms. The van der Waals surface area contributed by atoms with Gasteiger partial charge in [0.25, 0.3) is 0 Å². The second-order valence-corrected chi connectivity index (χ2v) is 10.1. The van der Waals surface area contributed by atoms with Crippen LogP contribution in [0.25, 0.3) is 0 Å². The molecule has 0 N–H and O–H groups in total. The van der Waals surface area contributed by atoms with Crippen molar-refractivity contribution < 1.29 is 56.8 Å². The number of unbranched alkanes of at least 4 members (excludes halogenated alkanes) is 5. The number of hydrogen-bond donors (Lipinski definition) is 0. The molecule has 0 aliphatic carbocycles. The van der Waals surface area contributed by atoms with Gasteiger partial charge in [-0.1, -0.05) is 46.0 Å². The zero-order chi connectivity index (χ0) is 32.4. The van der Waals surface area contributed by atoms with Crippen LogP contribution in [0.15, 0.2) is 0 Å². The Kier molecular flexibility index (Phi) is 43.1. The minimum absolute atomic E-state index is 0.522. The van der Waals surface area contributed by atoms with Gasteiger partial charge in [0.05, 0.1) is 145 Å². The summed E-state index contributed by atoms with van der Waals surface area (Å²) >= 11 is 0. The van der Waals surface area contributed by atoms with Gasteiger partial charge in [-0.3, -0.25) is 0 Å². The predicted octanol–water partition coefficient (Wildman–Crippen LogP) is 3.96.